The number of alkyl halides is 1. The summed E-state index contributed by atoms with van der Waals surface area (Å²) in [6.45, 7) is 2.16. The molecule has 0 radical (unpaired) electrons. The van der Waals surface area contributed by atoms with Gasteiger partial charge in [0.1, 0.15) is 11.3 Å². The van der Waals surface area contributed by atoms with Crippen molar-refractivity contribution in [1.82, 2.24) is 19.3 Å². The van der Waals surface area contributed by atoms with Crippen molar-refractivity contribution in [3.8, 4) is 0 Å². The lowest BCUT2D eigenvalue weighted by Gasteiger charge is -2.36. The Balaban J connectivity index is 2.05. The first-order valence-corrected chi connectivity index (χ1v) is 7.74. The fourth-order valence-corrected chi connectivity index (χ4v) is 3.26. The molecule has 1 aliphatic carbocycles. The van der Waals surface area contributed by atoms with E-state index in [-0.39, 0.29) is 0 Å². The smallest absolute Gasteiger partial charge is 0.158 e. The van der Waals surface area contributed by atoms with Gasteiger partial charge in [0.2, 0.25) is 0 Å². The summed E-state index contributed by atoms with van der Waals surface area (Å²) in [5.41, 5.74) is 3.20. The van der Waals surface area contributed by atoms with Crippen LogP contribution in [0.25, 0.3) is 11.2 Å². The maximum absolute atomic E-state index is 6.09. The number of aromatic nitrogens is 4. The van der Waals surface area contributed by atoms with Gasteiger partial charge in [0.05, 0.1) is 17.7 Å². The molecule has 0 atom stereocenters. The minimum absolute atomic E-state index is 0.365. The first kappa shape index (κ1) is 13.9. The van der Waals surface area contributed by atoms with Gasteiger partial charge in [-0.2, -0.15) is 5.10 Å². The van der Waals surface area contributed by atoms with Crippen LogP contribution in [0.1, 0.15) is 43.7 Å². The molecule has 0 amide bonds. The maximum atomic E-state index is 6.09. The fourth-order valence-electron chi connectivity index (χ4n) is 3.07. The third-order valence-electron chi connectivity index (χ3n) is 4.18. The van der Waals surface area contributed by atoms with Gasteiger partial charge >= 0.3 is 0 Å². The molecule has 2 aromatic rings. The molecule has 5 nitrogen and oxygen atoms in total. The van der Waals surface area contributed by atoms with Crippen LogP contribution in [0.4, 0.5) is 0 Å². The number of aryl methyl sites for hydroxylation is 2. The topological polar surface area (TPSA) is 44.9 Å². The molecule has 3 rings (SSSR count). The van der Waals surface area contributed by atoms with Crippen molar-refractivity contribution in [2.24, 2.45) is 7.05 Å². The Bertz CT molecular complexity index is 612. The Kier molecular flexibility index (Phi) is 3.73. The summed E-state index contributed by atoms with van der Waals surface area (Å²) in [6, 6.07) is 0.434. The second-order valence-electron chi connectivity index (χ2n) is 5.51. The molecule has 1 saturated carbocycles. The molecule has 2 heterocycles. The minimum atomic E-state index is 0.365. The van der Waals surface area contributed by atoms with Crippen LogP contribution in [0.5, 0.6) is 0 Å². The van der Waals surface area contributed by atoms with Gasteiger partial charge in [-0.15, -0.1) is 11.6 Å². The molecule has 0 aromatic carbocycles. The zero-order valence-electron chi connectivity index (χ0n) is 12.3. The van der Waals surface area contributed by atoms with E-state index in [0.717, 1.165) is 48.4 Å². The van der Waals surface area contributed by atoms with E-state index in [0.29, 0.717) is 18.0 Å². The monoisotopic (exact) mass is 296 g/mol. The second-order valence-corrected chi connectivity index (χ2v) is 5.77. The van der Waals surface area contributed by atoms with Gasteiger partial charge in [-0.25, -0.2) is 4.98 Å². The molecule has 6 heteroatoms. The predicted molar refractivity (Wildman–Crippen MR) is 79.1 cm³/mol. The number of halogens is 1. The van der Waals surface area contributed by atoms with Gasteiger partial charge in [-0.1, -0.05) is 13.3 Å². The first-order valence-electron chi connectivity index (χ1n) is 7.21. The Labute approximate surface area is 123 Å². The Morgan fingerprint density at radius 2 is 2.15 bits per heavy atom. The van der Waals surface area contributed by atoms with Crippen molar-refractivity contribution in [1.29, 1.82) is 0 Å². The summed E-state index contributed by atoms with van der Waals surface area (Å²) in [5.74, 6) is 1.39. The molecule has 0 N–H and O–H groups in total. The van der Waals surface area contributed by atoms with Crippen molar-refractivity contribution in [3.63, 3.8) is 0 Å². The summed E-state index contributed by atoms with van der Waals surface area (Å²) in [7, 11) is 3.76. The van der Waals surface area contributed by atoms with E-state index in [9.17, 15) is 0 Å². The lowest BCUT2D eigenvalue weighted by molar-refractivity contribution is 0.00645. The second kappa shape index (κ2) is 5.37. The summed E-state index contributed by atoms with van der Waals surface area (Å²) >= 11 is 6.09. The van der Waals surface area contributed by atoms with Crippen LogP contribution >= 0.6 is 11.6 Å². The van der Waals surface area contributed by atoms with Crippen LogP contribution in [0.2, 0.25) is 0 Å². The summed E-state index contributed by atoms with van der Waals surface area (Å²) in [5, 5.41) is 4.61. The van der Waals surface area contributed by atoms with Crippen molar-refractivity contribution in [3.05, 3.63) is 11.5 Å². The average Bonchev–Trinajstić information content (AvgIpc) is 2.89. The van der Waals surface area contributed by atoms with Crippen molar-refractivity contribution >= 4 is 22.8 Å². The molecule has 0 unspecified atom stereocenters. The van der Waals surface area contributed by atoms with Crippen LogP contribution in [0.15, 0.2) is 0 Å². The van der Waals surface area contributed by atoms with Gasteiger partial charge < -0.3 is 9.30 Å². The van der Waals surface area contributed by atoms with Crippen molar-refractivity contribution in [2.45, 2.75) is 50.6 Å². The SMILES string of the molecule is CCCc1nn(C)c2c1nc(CCl)n2C1CC(OC)C1. The highest BCUT2D eigenvalue weighted by molar-refractivity contribution is 6.16. The molecular formula is C14H21ClN4O. The van der Waals surface area contributed by atoms with Crippen molar-refractivity contribution < 1.29 is 4.74 Å². The Morgan fingerprint density at radius 3 is 2.75 bits per heavy atom. The Hall–Kier alpha value is -1.07. The highest BCUT2D eigenvalue weighted by Crippen LogP contribution is 2.38. The molecule has 0 bridgehead atoms. The molecule has 0 saturated heterocycles. The lowest BCUT2D eigenvalue weighted by atomic mass is 9.89. The van der Waals surface area contributed by atoms with Crippen molar-refractivity contribution in [2.75, 3.05) is 7.11 Å². The van der Waals surface area contributed by atoms with Crippen LogP contribution in [0.3, 0.4) is 0 Å². The summed E-state index contributed by atoms with van der Waals surface area (Å²) in [4.78, 5) is 4.73. The van der Waals surface area contributed by atoms with Crippen LogP contribution in [-0.4, -0.2) is 32.5 Å². The third kappa shape index (κ3) is 2.04. The molecule has 2 aromatic heterocycles. The molecule has 110 valence electrons. The van der Waals surface area contributed by atoms with E-state index >= 15 is 0 Å². The highest BCUT2D eigenvalue weighted by atomic mass is 35.5. The maximum Gasteiger partial charge on any atom is 0.158 e. The van der Waals surface area contributed by atoms with E-state index in [1.165, 1.54) is 0 Å². The molecule has 0 aliphatic heterocycles. The number of imidazole rings is 1. The number of methoxy groups -OCH3 is 1. The van der Waals surface area contributed by atoms with E-state index in [1.54, 1.807) is 7.11 Å². The fraction of sp³-hybridized carbons (Fsp3) is 0.714. The zero-order chi connectivity index (χ0) is 14.3. The number of hydrogen-bond donors (Lipinski definition) is 0. The number of ether oxygens (including phenoxy) is 1. The van der Waals surface area contributed by atoms with Gasteiger partial charge in [-0.05, 0) is 19.3 Å². The number of fused-ring (bicyclic) bond motifs is 1. The molecule has 1 fully saturated rings. The van der Waals surface area contributed by atoms with Gasteiger partial charge in [0.15, 0.2) is 5.65 Å². The number of rotatable bonds is 5. The zero-order valence-corrected chi connectivity index (χ0v) is 13.0. The summed E-state index contributed by atoms with van der Waals surface area (Å²) < 4.78 is 9.60. The molecule has 0 spiro atoms. The van der Waals surface area contributed by atoms with E-state index in [1.807, 2.05) is 11.7 Å². The van der Waals surface area contributed by atoms with Gasteiger partial charge in [0.25, 0.3) is 0 Å². The van der Waals surface area contributed by atoms with E-state index in [4.69, 9.17) is 21.3 Å². The number of nitrogens with zero attached hydrogens (tertiary/aromatic N) is 4. The molecular weight excluding hydrogens is 276 g/mol. The third-order valence-corrected chi connectivity index (χ3v) is 4.42. The van der Waals surface area contributed by atoms with Crippen LogP contribution < -0.4 is 0 Å². The van der Waals surface area contributed by atoms with Gasteiger partial charge in [0, 0.05) is 20.2 Å². The van der Waals surface area contributed by atoms with E-state index in [2.05, 4.69) is 16.6 Å². The van der Waals surface area contributed by atoms with Gasteiger partial charge in [-0.3, -0.25) is 4.68 Å². The summed E-state index contributed by atoms with van der Waals surface area (Å²) in [6.07, 6.45) is 4.45. The van der Waals surface area contributed by atoms with E-state index < -0.39 is 0 Å². The molecule has 20 heavy (non-hydrogen) atoms. The predicted octanol–water partition coefficient (Wildman–Crippen LogP) is 2.81. The lowest BCUT2D eigenvalue weighted by Crippen LogP contribution is -2.33. The largest absolute Gasteiger partial charge is 0.381 e. The first-order chi connectivity index (χ1) is 9.69. The Morgan fingerprint density at radius 1 is 1.40 bits per heavy atom. The minimum Gasteiger partial charge on any atom is -0.381 e. The van der Waals surface area contributed by atoms with Crippen LogP contribution in [-0.2, 0) is 24.1 Å². The number of hydrogen-bond acceptors (Lipinski definition) is 3. The standard InChI is InChI=1S/C14H21ClN4O/c1-4-5-11-13-14(18(2)17-11)19(12(8-15)16-13)9-6-10(7-9)20-3/h9-10H,4-8H2,1-3H3. The quantitative estimate of drug-likeness (QED) is 0.797. The highest BCUT2D eigenvalue weighted by Gasteiger charge is 2.34. The van der Waals surface area contributed by atoms with Crippen LogP contribution in [0, 0.1) is 0 Å². The molecule has 1 aliphatic rings. The normalized spacial score (nSPS) is 22.4. The average molecular weight is 297 g/mol.